The maximum absolute atomic E-state index is 12.4. The summed E-state index contributed by atoms with van der Waals surface area (Å²) in [7, 11) is -4.15. The zero-order valence-electron chi connectivity index (χ0n) is 17.4. The summed E-state index contributed by atoms with van der Waals surface area (Å²) in [6.45, 7) is 4.20. The van der Waals surface area contributed by atoms with E-state index in [0.29, 0.717) is 17.9 Å². The fourth-order valence-corrected chi connectivity index (χ4v) is 3.84. The smallest absolute Gasteiger partial charge is 0.338 e. The maximum Gasteiger partial charge on any atom is 0.338 e. The number of nitrogens with one attached hydrogen (secondary N) is 2. The highest BCUT2D eigenvalue weighted by Gasteiger charge is 2.22. The van der Waals surface area contributed by atoms with Gasteiger partial charge in [-0.3, -0.25) is 0 Å². The fraction of sp³-hybridized carbons (Fsp3) is 0.174. The Balaban J connectivity index is 2.12. The van der Waals surface area contributed by atoms with Gasteiger partial charge in [0, 0.05) is 12.2 Å². The van der Waals surface area contributed by atoms with Crippen molar-refractivity contribution < 1.29 is 17.9 Å². The number of carbonyl (C=O) groups excluding carboxylic acids is 1. The van der Waals surface area contributed by atoms with Crippen molar-refractivity contribution in [3.05, 3.63) is 83.4 Å². The molecule has 4 N–H and O–H groups in total. The Labute approximate surface area is 182 Å². The topological polar surface area (TPSA) is 111 Å². The number of nitrogens with two attached hydrogens (primary N) is 1. The van der Waals surface area contributed by atoms with Crippen LogP contribution in [-0.2, 0) is 21.3 Å². The predicted molar refractivity (Wildman–Crippen MR) is 122 cm³/mol. The summed E-state index contributed by atoms with van der Waals surface area (Å²) in [5.41, 5.74) is 3.46. The van der Waals surface area contributed by atoms with Gasteiger partial charge in [0.05, 0.1) is 23.5 Å². The van der Waals surface area contributed by atoms with Crippen LogP contribution in [0.15, 0.2) is 71.6 Å². The first kappa shape index (κ1) is 22.3. The molecular weight excluding hydrogens is 414 g/mol. The number of hydrogen-bond donors (Lipinski definition) is 3. The van der Waals surface area contributed by atoms with Crippen molar-refractivity contribution in [1.82, 2.24) is 0 Å². The first-order chi connectivity index (χ1) is 14.8. The van der Waals surface area contributed by atoms with Crippen LogP contribution in [0.3, 0.4) is 0 Å². The van der Waals surface area contributed by atoms with E-state index in [-0.39, 0.29) is 22.8 Å². The molecule has 3 rings (SSSR count). The van der Waals surface area contributed by atoms with Crippen molar-refractivity contribution >= 4 is 33.1 Å². The number of sulfonamides is 1. The molecule has 0 fully saturated rings. The quantitative estimate of drug-likeness (QED) is 0.454. The molecule has 0 saturated heterocycles. The monoisotopic (exact) mass is 439 g/mol. The number of benzene rings is 3. The molecule has 31 heavy (non-hydrogen) atoms. The lowest BCUT2D eigenvalue weighted by Gasteiger charge is -2.19. The summed E-state index contributed by atoms with van der Waals surface area (Å²) in [5, 5.41) is 11.9. The minimum Gasteiger partial charge on any atom is -0.462 e. The lowest BCUT2D eigenvalue weighted by molar-refractivity contribution is 0.0526. The normalized spacial score (nSPS) is 11.1. The second-order valence-electron chi connectivity index (χ2n) is 7.00. The van der Waals surface area contributed by atoms with E-state index in [1.807, 2.05) is 61.5 Å². The van der Waals surface area contributed by atoms with Crippen LogP contribution in [0.1, 0.15) is 28.4 Å². The van der Waals surface area contributed by atoms with Crippen molar-refractivity contribution in [2.75, 3.05) is 17.2 Å². The number of esters is 1. The molecule has 0 unspecified atom stereocenters. The fourth-order valence-electron chi connectivity index (χ4n) is 3.10. The molecule has 0 spiro atoms. The van der Waals surface area contributed by atoms with Crippen molar-refractivity contribution in [3.63, 3.8) is 0 Å². The van der Waals surface area contributed by atoms with Gasteiger partial charge < -0.3 is 15.4 Å². The van der Waals surface area contributed by atoms with E-state index in [1.54, 1.807) is 13.0 Å². The van der Waals surface area contributed by atoms with Crippen LogP contribution in [0.4, 0.5) is 17.1 Å². The first-order valence-corrected chi connectivity index (χ1v) is 11.3. The minimum absolute atomic E-state index is 0.0937. The Morgan fingerprint density at radius 2 is 1.77 bits per heavy atom. The van der Waals surface area contributed by atoms with Gasteiger partial charge in [0.25, 0.3) is 0 Å². The SMILES string of the molecule is CCOC(=O)c1cc(NCc2ccccc2)c(Nc2cccc(C)c2)c(S(N)(=O)=O)c1. The molecule has 0 heterocycles. The highest BCUT2D eigenvalue weighted by Crippen LogP contribution is 2.34. The van der Waals surface area contributed by atoms with Crippen molar-refractivity contribution in [2.24, 2.45) is 5.14 Å². The third-order valence-corrected chi connectivity index (χ3v) is 5.47. The van der Waals surface area contributed by atoms with Gasteiger partial charge in [-0.1, -0.05) is 42.5 Å². The molecule has 0 amide bonds. The van der Waals surface area contributed by atoms with Crippen LogP contribution in [0.25, 0.3) is 0 Å². The third-order valence-electron chi connectivity index (χ3n) is 4.53. The number of aryl methyl sites for hydroxylation is 1. The van der Waals surface area contributed by atoms with Gasteiger partial charge in [0.15, 0.2) is 0 Å². The van der Waals surface area contributed by atoms with Gasteiger partial charge in [-0.15, -0.1) is 0 Å². The summed E-state index contributed by atoms with van der Waals surface area (Å²) in [6.07, 6.45) is 0. The van der Waals surface area contributed by atoms with E-state index in [2.05, 4.69) is 10.6 Å². The maximum atomic E-state index is 12.4. The number of anilines is 3. The van der Waals surface area contributed by atoms with Gasteiger partial charge in [0.2, 0.25) is 10.0 Å². The summed E-state index contributed by atoms with van der Waals surface area (Å²) in [4.78, 5) is 12.2. The number of primary sulfonamides is 1. The molecule has 0 aromatic heterocycles. The van der Waals surface area contributed by atoms with E-state index >= 15 is 0 Å². The van der Waals surface area contributed by atoms with Gasteiger partial charge in [0.1, 0.15) is 4.90 Å². The molecule has 3 aromatic rings. The van der Waals surface area contributed by atoms with E-state index in [1.165, 1.54) is 6.07 Å². The van der Waals surface area contributed by atoms with E-state index in [4.69, 9.17) is 9.88 Å². The lowest BCUT2D eigenvalue weighted by Crippen LogP contribution is -2.17. The predicted octanol–water partition coefficient (Wildman–Crippen LogP) is 4.17. The second kappa shape index (κ2) is 9.63. The van der Waals surface area contributed by atoms with Crippen molar-refractivity contribution in [1.29, 1.82) is 0 Å². The van der Waals surface area contributed by atoms with Crippen LogP contribution in [0, 0.1) is 6.92 Å². The van der Waals surface area contributed by atoms with Gasteiger partial charge in [-0.25, -0.2) is 18.4 Å². The van der Waals surface area contributed by atoms with Crippen molar-refractivity contribution in [3.8, 4) is 0 Å². The second-order valence-corrected chi connectivity index (χ2v) is 8.53. The summed E-state index contributed by atoms with van der Waals surface area (Å²) >= 11 is 0. The molecule has 0 radical (unpaired) electrons. The summed E-state index contributed by atoms with van der Waals surface area (Å²) in [5.74, 6) is -0.628. The third kappa shape index (κ3) is 5.84. The highest BCUT2D eigenvalue weighted by atomic mass is 32.2. The van der Waals surface area contributed by atoms with Crippen LogP contribution >= 0.6 is 0 Å². The van der Waals surface area contributed by atoms with Crippen LogP contribution in [-0.4, -0.2) is 21.0 Å². The Morgan fingerprint density at radius 3 is 2.42 bits per heavy atom. The molecule has 0 aliphatic heterocycles. The molecule has 0 aliphatic rings. The first-order valence-electron chi connectivity index (χ1n) is 9.77. The zero-order chi connectivity index (χ0) is 22.4. The molecule has 162 valence electrons. The Kier molecular flexibility index (Phi) is 6.94. The van der Waals surface area contributed by atoms with Crippen LogP contribution < -0.4 is 15.8 Å². The molecule has 0 aliphatic carbocycles. The Morgan fingerprint density at radius 1 is 1.03 bits per heavy atom. The average molecular weight is 440 g/mol. The molecule has 7 nitrogen and oxygen atoms in total. The van der Waals surface area contributed by atoms with Crippen molar-refractivity contribution in [2.45, 2.75) is 25.3 Å². The van der Waals surface area contributed by atoms with Gasteiger partial charge >= 0.3 is 5.97 Å². The molecule has 0 bridgehead atoms. The molecule has 0 atom stereocenters. The average Bonchev–Trinajstić information content (AvgIpc) is 2.73. The van der Waals surface area contributed by atoms with E-state index in [9.17, 15) is 13.2 Å². The number of carbonyl (C=O) groups is 1. The summed E-state index contributed by atoms with van der Waals surface area (Å²) in [6, 6.07) is 19.9. The molecule has 0 saturated carbocycles. The molecular formula is C23H25N3O4S. The zero-order valence-corrected chi connectivity index (χ0v) is 18.2. The van der Waals surface area contributed by atoms with E-state index in [0.717, 1.165) is 11.1 Å². The number of ether oxygens (including phenoxy) is 1. The number of hydrogen-bond acceptors (Lipinski definition) is 6. The molecule has 8 heteroatoms. The van der Waals surface area contributed by atoms with Gasteiger partial charge in [-0.05, 0) is 49.2 Å². The summed E-state index contributed by atoms with van der Waals surface area (Å²) < 4.78 is 29.9. The lowest BCUT2D eigenvalue weighted by atomic mass is 10.1. The highest BCUT2D eigenvalue weighted by molar-refractivity contribution is 7.89. The van der Waals surface area contributed by atoms with Gasteiger partial charge in [-0.2, -0.15) is 0 Å². The van der Waals surface area contributed by atoms with Crippen LogP contribution in [0.2, 0.25) is 0 Å². The molecule has 3 aromatic carbocycles. The minimum atomic E-state index is -4.15. The van der Waals surface area contributed by atoms with E-state index < -0.39 is 16.0 Å². The Hall–Kier alpha value is -3.36. The Bertz CT molecular complexity index is 1180. The number of rotatable bonds is 8. The largest absolute Gasteiger partial charge is 0.462 e. The standard InChI is InChI=1S/C23H25N3O4S/c1-3-30-23(27)18-13-20(25-15-17-9-5-4-6-10-17)22(21(14-18)31(24,28)29)26-19-11-7-8-16(2)12-19/h4-14,25-26H,3,15H2,1-2H3,(H2,24,28,29). The van der Waals surface area contributed by atoms with Crippen LogP contribution in [0.5, 0.6) is 0 Å².